The maximum atomic E-state index is 13.2. The molecule has 2 aromatic rings. The van der Waals surface area contributed by atoms with E-state index in [0.29, 0.717) is 25.3 Å². The third-order valence-electron chi connectivity index (χ3n) is 4.68. The van der Waals surface area contributed by atoms with Crippen molar-refractivity contribution in [3.63, 3.8) is 0 Å². The number of aromatic nitrogens is 1. The van der Waals surface area contributed by atoms with Gasteiger partial charge in [0.15, 0.2) is 0 Å². The van der Waals surface area contributed by atoms with Gasteiger partial charge in [-0.15, -0.1) is 0 Å². The fraction of sp³-hybridized carbons (Fsp3) is 0.368. The first-order valence-electron chi connectivity index (χ1n) is 8.20. The molecule has 0 unspecified atom stereocenters. The van der Waals surface area contributed by atoms with Crippen LogP contribution in [0.5, 0.6) is 5.75 Å². The van der Waals surface area contributed by atoms with Gasteiger partial charge in [-0.05, 0) is 42.8 Å². The molecule has 1 aliphatic heterocycles. The van der Waals surface area contributed by atoms with Crippen LogP contribution in [0.15, 0.2) is 42.6 Å². The molecule has 2 heterocycles. The van der Waals surface area contributed by atoms with Crippen LogP contribution in [0.3, 0.4) is 0 Å². The van der Waals surface area contributed by atoms with Gasteiger partial charge in [0.2, 0.25) is 0 Å². The number of benzene rings is 1. The molecule has 1 saturated heterocycles. The molecule has 0 N–H and O–H groups in total. The summed E-state index contributed by atoms with van der Waals surface area (Å²) in [7, 11) is 3.00. The largest absolute Gasteiger partial charge is 0.495 e. The molecule has 2 atom stereocenters. The number of nitrogens with zero attached hydrogens (tertiary/aromatic N) is 2. The lowest BCUT2D eigenvalue weighted by Crippen LogP contribution is -2.42. The fourth-order valence-corrected chi connectivity index (χ4v) is 3.30. The Kier molecular flexibility index (Phi) is 5.16. The van der Waals surface area contributed by atoms with E-state index in [2.05, 4.69) is 9.88 Å². The lowest BCUT2D eigenvalue weighted by Gasteiger charge is -2.38. The van der Waals surface area contributed by atoms with Crippen LogP contribution in [-0.4, -0.2) is 38.3 Å². The van der Waals surface area contributed by atoms with Crippen molar-refractivity contribution >= 4 is 11.7 Å². The van der Waals surface area contributed by atoms with Crippen LogP contribution in [0, 0.1) is 11.7 Å². The predicted octanol–water partition coefficient (Wildman–Crippen LogP) is 3.01. The fourth-order valence-electron chi connectivity index (χ4n) is 3.30. The number of pyridine rings is 1. The Morgan fingerprint density at radius 1 is 1.20 bits per heavy atom. The highest BCUT2D eigenvalue weighted by atomic mass is 19.1. The molecule has 0 bridgehead atoms. The van der Waals surface area contributed by atoms with Gasteiger partial charge in [0.1, 0.15) is 11.6 Å². The van der Waals surface area contributed by atoms with Crippen molar-refractivity contribution in [3.05, 3.63) is 54.1 Å². The summed E-state index contributed by atoms with van der Waals surface area (Å²) in [6.45, 7) is 1.32. The summed E-state index contributed by atoms with van der Waals surface area (Å²) in [5, 5.41) is 0. The minimum atomic E-state index is -0.262. The zero-order valence-corrected chi connectivity index (χ0v) is 14.3. The summed E-state index contributed by atoms with van der Waals surface area (Å²) in [4.78, 5) is 18.8. The summed E-state index contributed by atoms with van der Waals surface area (Å²) in [6, 6.07) is 10.1. The number of anilines is 1. The molecular formula is C19H21FN2O3. The van der Waals surface area contributed by atoms with E-state index >= 15 is 0 Å². The molecule has 0 saturated carbocycles. The molecule has 132 valence electrons. The Morgan fingerprint density at radius 2 is 1.96 bits per heavy atom. The maximum Gasteiger partial charge on any atom is 0.309 e. The molecule has 1 aliphatic rings. The predicted molar refractivity (Wildman–Crippen MR) is 92.3 cm³/mol. The van der Waals surface area contributed by atoms with E-state index in [1.54, 1.807) is 25.4 Å². The number of carbonyl (C=O) groups excluding carboxylic acids is 1. The third kappa shape index (κ3) is 3.73. The van der Waals surface area contributed by atoms with Crippen molar-refractivity contribution in [1.82, 2.24) is 4.98 Å². The molecule has 0 amide bonds. The molecule has 0 aliphatic carbocycles. The highest BCUT2D eigenvalue weighted by Crippen LogP contribution is 2.35. The van der Waals surface area contributed by atoms with E-state index < -0.39 is 0 Å². The van der Waals surface area contributed by atoms with Crippen molar-refractivity contribution in [1.29, 1.82) is 0 Å². The number of halogens is 1. The summed E-state index contributed by atoms with van der Waals surface area (Å²) < 4.78 is 23.3. The Morgan fingerprint density at radius 3 is 2.56 bits per heavy atom. The number of piperidine rings is 1. The minimum Gasteiger partial charge on any atom is -0.495 e. The molecule has 0 radical (unpaired) electrons. The van der Waals surface area contributed by atoms with E-state index in [0.717, 1.165) is 11.4 Å². The molecular weight excluding hydrogens is 323 g/mol. The van der Waals surface area contributed by atoms with Crippen LogP contribution >= 0.6 is 0 Å². The van der Waals surface area contributed by atoms with Gasteiger partial charge in [0.25, 0.3) is 0 Å². The molecule has 0 spiro atoms. The topological polar surface area (TPSA) is 51.7 Å². The lowest BCUT2D eigenvalue weighted by atomic mass is 9.82. The van der Waals surface area contributed by atoms with Gasteiger partial charge in [0.05, 0.1) is 26.3 Å². The molecule has 1 fully saturated rings. The van der Waals surface area contributed by atoms with Crippen LogP contribution in [-0.2, 0) is 9.53 Å². The van der Waals surface area contributed by atoms with Crippen molar-refractivity contribution in [2.45, 2.75) is 12.3 Å². The van der Waals surface area contributed by atoms with Gasteiger partial charge in [-0.25, -0.2) is 4.39 Å². The molecule has 1 aromatic heterocycles. The van der Waals surface area contributed by atoms with Gasteiger partial charge in [-0.1, -0.05) is 0 Å². The second-order valence-electron chi connectivity index (χ2n) is 6.07. The van der Waals surface area contributed by atoms with E-state index in [9.17, 15) is 9.18 Å². The van der Waals surface area contributed by atoms with E-state index in [4.69, 9.17) is 9.47 Å². The van der Waals surface area contributed by atoms with Crippen LogP contribution < -0.4 is 9.64 Å². The van der Waals surface area contributed by atoms with E-state index in [1.807, 2.05) is 12.1 Å². The second-order valence-corrected chi connectivity index (χ2v) is 6.07. The van der Waals surface area contributed by atoms with Crippen LogP contribution in [0.4, 0.5) is 10.1 Å². The number of hydrogen-bond donors (Lipinski definition) is 0. The van der Waals surface area contributed by atoms with Crippen molar-refractivity contribution in [2.24, 2.45) is 5.92 Å². The van der Waals surface area contributed by atoms with Crippen LogP contribution in [0.1, 0.15) is 18.0 Å². The maximum absolute atomic E-state index is 13.2. The first kappa shape index (κ1) is 17.2. The average Bonchev–Trinajstić information content (AvgIpc) is 2.67. The Bertz CT molecular complexity index is 718. The van der Waals surface area contributed by atoms with Gasteiger partial charge >= 0.3 is 5.97 Å². The number of carbonyl (C=O) groups is 1. The number of methoxy groups -OCH3 is 2. The highest BCUT2D eigenvalue weighted by molar-refractivity contribution is 5.74. The lowest BCUT2D eigenvalue weighted by molar-refractivity contribution is -0.146. The molecule has 3 rings (SSSR count). The Hall–Kier alpha value is -2.63. The second kappa shape index (κ2) is 7.51. The van der Waals surface area contributed by atoms with Gasteiger partial charge < -0.3 is 14.4 Å². The average molecular weight is 344 g/mol. The third-order valence-corrected chi connectivity index (χ3v) is 4.68. The van der Waals surface area contributed by atoms with E-state index in [1.165, 1.54) is 19.2 Å². The number of hydrogen-bond acceptors (Lipinski definition) is 5. The first-order valence-corrected chi connectivity index (χ1v) is 8.20. The Balaban J connectivity index is 1.87. The Labute approximate surface area is 146 Å². The van der Waals surface area contributed by atoms with E-state index in [-0.39, 0.29) is 23.6 Å². The molecule has 25 heavy (non-hydrogen) atoms. The van der Waals surface area contributed by atoms with Crippen LogP contribution in [0.2, 0.25) is 0 Å². The quantitative estimate of drug-likeness (QED) is 0.798. The van der Waals surface area contributed by atoms with Gasteiger partial charge in [-0.3, -0.25) is 9.78 Å². The molecule has 5 nitrogen and oxygen atoms in total. The SMILES string of the molecule is COC(=O)[C@@H]1CCN(c2ccc(F)cc2)C[C@H]1c1ccc(OC)cn1. The standard InChI is InChI=1S/C19H21FN2O3/c1-24-15-7-8-18(21-11-15)17-12-22(10-9-16(17)19(23)25-2)14-5-3-13(20)4-6-14/h3-8,11,16-17H,9-10,12H2,1-2H3/t16-,17-/m1/s1. The smallest absolute Gasteiger partial charge is 0.309 e. The first-order chi connectivity index (χ1) is 12.1. The normalized spacial score (nSPS) is 20.2. The van der Waals surface area contributed by atoms with Crippen molar-refractivity contribution < 1.29 is 18.7 Å². The zero-order valence-electron chi connectivity index (χ0n) is 14.3. The van der Waals surface area contributed by atoms with Gasteiger partial charge in [0, 0.05) is 30.4 Å². The van der Waals surface area contributed by atoms with Crippen molar-refractivity contribution in [2.75, 3.05) is 32.2 Å². The minimum absolute atomic E-state index is 0.0999. The van der Waals surface area contributed by atoms with Gasteiger partial charge in [-0.2, -0.15) is 0 Å². The summed E-state index contributed by atoms with van der Waals surface area (Å²) in [6.07, 6.45) is 2.31. The monoisotopic (exact) mass is 344 g/mol. The summed E-state index contributed by atoms with van der Waals surface area (Å²) in [5.41, 5.74) is 1.76. The number of esters is 1. The van der Waals surface area contributed by atoms with Crippen molar-refractivity contribution in [3.8, 4) is 5.75 Å². The summed E-state index contributed by atoms with van der Waals surface area (Å²) in [5.74, 6) is -0.160. The molecule has 6 heteroatoms. The molecule has 1 aromatic carbocycles. The zero-order chi connectivity index (χ0) is 17.8. The summed E-state index contributed by atoms with van der Waals surface area (Å²) >= 11 is 0. The highest BCUT2D eigenvalue weighted by Gasteiger charge is 2.36. The number of ether oxygens (including phenoxy) is 2. The number of rotatable bonds is 4. The van der Waals surface area contributed by atoms with Crippen LogP contribution in [0.25, 0.3) is 0 Å².